The average Bonchev–Trinajstić information content (AvgIpc) is 2.49. The number of amides is 1. The largest absolute Gasteiger partial charge is 0.444 e. The summed E-state index contributed by atoms with van der Waals surface area (Å²) in [6.45, 7) is 9.79. The lowest BCUT2D eigenvalue weighted by Crippen LogP contribution is -2.42. The second-order valence-electron chi connectivity index (χ2n) is 6.18. The predicted molar refractivity (Wildman–Crippen MR) is 114 cm³/mol. The number of hydrogen-bond donors (Lipinski definition) is 3. The first-order valence-electron chi connectivity index (χ1n) is 8.03. The smallest absolute Gasteiger partial charge is 0.407 e. The summed E-state index contributed by atoms with van der Waals surface area (Å²) >= 11 is 5.87. The minimum Gasteiger partial charge on any atom is -0.444 e. The monoisotopic (exact) mass is 482 g/mol. The lowest BCUT2D eigenvalue weighted by Gasteiger charge is -2.19. The van der Waals surface area contributed by atoms with E-state index in [-0.39, 0.29) is 24.0 Å². The van der Waals surface area contributed by atoms with Crippen LogP contribution in [-0.4, -0.2) is 37.3 Å². The van der Waals surface area contributed by atoms with Crippen LogP contribution in [0.25, 0.3) is 0 Å². The number of rotatable bonds is 6. The second-order valence-corrected chi connectivity index (χ2v) is 6.61. The summed E-state index contributed by atoms with van der Waals surface area (Å²) in [6.07, 6.45) is -0.424. The zero-order valence-electron chi connectivity index (χ0n) is 15.2. The molecule has 0 saturated carbocycles. The van der Waals surface area contributed by atoms with Gasteiger partial charge in [0, 0.05) is 24.7 Å². The predicted octanol–water partition coefficient (Wildman–Crippen LogP) is 3.54. The van der Waals surface area contributed by atoms with E-state index in [1.807, 2.05) is 52.0 Å². The number of benzene rings is 1. The maximum Gasteiger partial charge on any atom is 0.407 e. The van der Waals surface area contributed by atoms with Gasteiger partial charge in [0.05, 0.1) is 6.54 Å². The molecule has 0 aliphatic rings. The van der Waals surface area contributed by atoms with Crippen molar-refractivity contribution < 1.29 is 9.53 Å². The number of nitrogens with zero attached hydrogens (tertiary/aromatic N) is 1. The van der Waals surface area contributed by atoms with Crippen molar-refractivity contribution >= 4 is 47.6 Å². The molecule has 0 aliphatic heterocycles. The van der Waals surface area contributed by atoms with Crippen LogP contribution in [0, 0.1) is 0 Å². The maximum atomic E-state index is 11.5. The SMILES string of the molecule is CCNC(=NCc1ccc(Cl)cc1)NCCNC(=O)OC(C)(C)C.I. The molecule has 142 valence electrons. The molecular formula is C17H28ClIN4O2. The topological polar surface area (TPSA) is 74.8 Å². The molecule has 0 unspecified atom stereocenters. The Morgan fingerprint density at radius 3 is 2.28 bits per heavy atom. The van der Waals surface area contributed by atoms with Crippen molar-refractivity contribution in [1.29, 1.82) is 0 Å². The van der Waals surface area contributed by atoms with E-state index in [2.05, 4.69) is 20.9 Å². The number of alkyl carbamates (subject to hydrolysis) is 1. The van der Waals surface area contributed by atoms with Gasteiger partial charge in [-0.2, -0.15) is 0 Å². The third-order valence-corrected chi connectivity index (χ3v) is 3.01. The number of halogens is 2. The van der Waals surface area contributed by atoms with Gasteiger partial charge in [-0.25, -0.2) is 9.79 Å². The Labute approximate surface area is 172 Å². The Hall–Kier alpha value is -1.22. The molecule has 0 aliphatic carbocycles. The van der Waals surface area contributed by atoms with E-state index >= 15 is 0 Å². The molecule has 6 nitrogen and oxygen atoms in total. The van der Waals surface area contributed by atoms with Gasteiger partial charge in [-0.1, -0.05) is 23.7 Å². The number of carbonyl (C=O) groups excluding carboxylic acids is 1. The van der Waals surface area contributed by atoms with Gasteiger partial charge in [-0.3, -0.25) is 0 Å². The van der Waals surface area contributed by atoms with E-state index in [1.165, 1.54) is 0 Å². The van der Waals surface area contributed by atoms with Gasteiger partial charge >= 0.3 is 6.09 Å². The van der Waals surface area contributed by atoms with Crippen molar-refractivity contribution in [1.82, 2.24) is 16.0 Å². The number of aliphatic imine (C=N–C) groups is 1. The molecule has 0 atom stereocenters. The normalized spacial score (nSPS) is 11.3. The van der Waals surface area contributed by atoms with Crippen molar-refractivity contribution in [3.63, 3.8) is 0 Å². The van der Waals surface area contributed by atoms with Crippen LogP contribution in [-0.2, 0) is 11.3 Å². The lowest BCUT2D eigenvalue weighted by atomic mass is 10.2. The number of guanidine groups is 1. The fourth-order valence-corrected chi connectivity index (χ4v) is 1.89. The first kappa shape index (κ1) is 23.8. The van der Waals surface area contributed by atoms with Gasteiger partial charge in [0.2, 0.25) is 0 Å². The van der Waals surface area contributed by atoms with Gasteiger partial charge in [-0.15, -0.1) is 24.0 Å². The van der Waals surface area contributed by atoms with Gasteiger partial charge < -0.3 is 20.7 Å². The number of ether oxygens (including phenoxy) is 1. The quantitative estimate of drug-likeness (QED) is 0.251. The van der Waals surface area contributed by atoms with Crippen LogP contribution in [0.3, 0.4) is 0 Å². The zero-order valence-corrected chi connectivity index (χ0v) is 18.3. The van der Waals surface area contributed by atoms with Crippen LogP contribution in [0.1, 0.15) is 33.3 Å². The summed E-state index contributed by atoms with van der Waals surface area (Å²) in [4.78, 5) is 16.0. The molecule has 0 radical (unpaired) electrons. The Morgan fingerprint density at radius 2 is 1.72 bits per heavy atom. The Balaban J connectivity index is 0.00000576. The van der Waals surface area contributed by atoms with Gasteiger partial charge in [0.15, 0.2) is 5.96 Å². The average molecular weight is 483 g/mol. The van der Waals surface area contributed by atoms with Crippen LogP contribution in [0.2, 0.25) is 5.02 Å². The summed E-state index contributed by atoms with van der Waals surface area (Å²) in [7, 11) is 0. The molecule has 0 saturated heterocycles. The van der Waals surface area contributed by atoms with Gasteiger partial charge in [0.25, 0.3) is 0 Å². The minimum absolute atomic E-state index is 0. The Bertz CT molecular complexity index is 545. The third-order valence-electron chi connectivity index (χ3n) is 2.76. The summed E-state index contributed by atoms with van der Waals surface area (Å²) in [5, 5.41) is 9.73. The van der Waals surface area contributed by atoms with Crippen LogP contribution >= 0.6 is 35.6 Å². The molecule has 0 bridgehead atoms. The van der Waals surface area contributed by atoms with Crippen LogP contribution in [0.15, 0.2) is 29.3 Å². The van der Waals surface area contributed by atoms with Crippen LogP contribution in [0.4, 0.5) is 4.79 Å². The molecule has 0 fully saturated rings. The van der Waals surface area contributed by atoms with Gasteiger partial charge in [0.1, 0.15) is 5.60 Å². The van der Waals surface area contributed by atoms with E-state index in [4.69, 9.17) is 16.3 Å². The molecule has 0 spiro atoms. The van der Waals surface area contributed by atoms with E-state index < -0.39 is 11.7 Å². The Morgan fingerprint density at radius 1 is 1.12 bits per heavy atom. The highest BCUT2D eigenvalue weighted by atomic mass is 127. The zero-order chi connectivity index (χ0) is 18.0. The first-order chi connectivity index (χ1) is 11.3. The summed E-state index contributed by atoms with van der Waals surface area (Å²) in [6, 6.07) is 7.58. The highest BCUT2D eigenvalue weighted by Crippen LogP contribution is 2.10. The van der Waals surface area contributed by atoms with E-state index in [0.717, 1.165) is 12.1 Å². The van der Waals surface area contributed by atoms with Crippen LogP contribution in [0.5, 0.6) is 0 Å². The van der Waals surface area contributed by atoms with Crippen LogP contribution < -0.4 is 16.0 Å². The molecule has 25 heavy (non-hydrogen) atoms. The van der Waals surface area contributed by atoms with Crippen molar-refractivity contribution in [3.05, 3.63) is 34.9 Å². The fraction of sp³-hybridized carbons (Fsp3) is 0.529. The molecular weight excluding hydrogens is 455 g/mol. The van der Waals surface area contributed by atoms with Crippen molar-refractivity contribution in [2.75, 3.05) is 19.6 Å². The van der Waals surface area contributed by atoms with E-state index in [9.17, 15) is 4.79 Å². The van der Waals surface area contributed by atoms with Crippen molar-refractivity contribution in [2.45, 2.75) is 39.8 Å². The summed E-state index contributed by atoms with van der Waals surface area (Å²) < 4.78 is 5.17. The van der Waals surface area contributed by atoms with Crippen molar-refractivity contribution in [2.24, 2.45) is 4.99 Å². The molecule has 3 N–H and O–H groups in total. The maximum absolute atomic E-state index is 11.5. The minimum atomic E-state index is -0.494. The van der Waals surface area contributed by atoms with Gasteiger partial charge in [-0.05, 0) is 45.4 Å². The molecule has 0 aromatic heterocycles. The molecule has 1 amide bonds. The number of carbonyl (C=O) groups is 1. The highest BCUT2D eigenvalue weighted by Gasteiger charge is 2.15. The molecule has 1 aromatic rings. The van der Waals surface area contributed by atoms with E-state index in [1.54, 1.807) is 0 Å². The molecule has 1 rings (SSSR count). The number of hydrogen-bond acceptors (Lipinski definition) is 3. The molecule has 1 aromatic carbocycles. The lowest BCUT2D eigenvalue weighted by molar-refractivity contribution is 0.0529. The van der Waals surface area contributed by atoms with Crippen molar-refractivity contribution in [3.8, 4) is 0 Å². The summed E-state index contributed by atoms with van der Waals surface area (Å²) in [5.74, 6) is 0.693. The Kier molecular flexibility index (Phi) is 11.6. The molecule has 0 heterocycles. The molecule has 8 heteroatoms. The first-order valence-corrected chi connectivity index (χ1v) is 8.41. The number of nitrogens with one attached hydrogen (secondary N) is 3. The highest BCUT2D eigenvalue weighted by molar-refractivity contribution is 14.0. The fourth-order valence-electron chi connectivity index (χ4n) is 1.76. The second kappa shape index (κ2) is 12.2. The standard InChI is InChI=1S/C17H27ClN4O2.HI/c1-5-19-15(22-12-13-6-8-14(18)9-7-13)20-10-11-21-16(23)24-17(2,3)4;/h6-9H,5,10-12H2,1-4H3,(H,21,23)(H2,19,20,22);1H. The summed E-state index contributed by atoms with van der Waals surface area (Å²) in [5.41, 5.74) is 0.579. The van der Waals surface area contributed by atoms with E-state index in [0.29, 0.717) is 30.6 Å². The third kappa shape index (κ3) is 11.9.